The van der Waals surface area contributed by atoms with Crippen LogP contribution in [0.4, 0.5) is 0 Å². The molecule has 19 heavy (non-hydrogen) atoms. The molecule has 2 rings (SSSR count). The lowest BCUT2D eigenvalue weighted by Crippen LogP contribution is -2.16. The first-order valence-electron chi connectivity index (χ1n) is 7.30. The number of hydrogen-bond acceptors (Lipinski definition) is 2. The number of ether oxygens (including phenoxy) is 1. The van der Waals surface area contributed by atoms with Crippen LogP contribution in [-0.2, 0) is 6.54 Å². The van der Waals surface area contributed by atoms with Crippen molar-refractivity contribution in [2.45, 2.75) is 52.1 Å². The first-order valence-corrected chi connectivity index (χ1v) is 7.68. The molecular formula is C16H24ClNO. The second-order valence-electron chi connectivity index (χ2n) is 5.77. The summed E-state index contributed by atoms with van der Waals surface area (Å²) >= 11 is 6.25. The van der Waals surface area contributed by atoms with E-state index in [1.54, 1.807) is 0 Å². The van der Waals surface area contributed by atoms with Gasteiger partial charge in [0, 0.05) is 18.2 Å². The summed E-state index contributed by atoms with van der Waals surface area (Å²) in [5.74, 6) is 1.59. The fraction of sp³-hybridized carbons (Fsp3) is 0.625. The SMILES string of the molecule is CC(C)CCCOc1c(Cl)cccc1CNC1CC1. The predicted molar refractivity (Wildman–Crippen MR) is 80.9 cm³/mol. The van der Waals surface area contributed by atoms with Gasteiger partial charge in [-0.2, -0.15) is 0 Å². The van der Waals surface area contributed by atoms with E-state index in [-0.39, 0.29) is 0 Å². The molecule has 1 aromatic carbocycles. The average Bonchev–Trinajstić information content (AvgIpc) is 3.17. The van der Waals surface area contributed by atoms with Crippen LogP contribution in [0.25, 0.3) is 0 Å². The van der Waals surface area contributed by atoms with Crippen LogP contribution in [0.1, 0.15) is 45.1 Å². The molecule has 0 saturated heterocycles. The highest BCUT2D eigenvalue weighted by Crippen LogP contribution is 2.30. The average molecular weight is 282 g/mol. The smallest absolute Gasteiger partial charge is 0.142 e. The van der Waals surface area contributed by atoms with Crippen molar-refractivity contribution in [3.05, 3.63) is 28.8 Å². The minimum atomic E-state index is 0.702. The molecule has 3 heteroatoms. The molecule has 0 radical (unpaired) electrons. The normalized spacial score (nSPS) is 14.9. The summed E-state index contributed by atoms with van der Waals surface area (Å²) in [6, 6.07) is 6.69. The van der Waals surface area contributed by atoms with E-state index in [4.69, 9.17) is 16.3 Å². The Kier molecular flexibility index (Phi) is 5.53. The molecule has 1 fully saturated rings. The summed E-state index contributed by atoms with van der Waals surface area (Å²) in [6.45, 7) is 6.07. The molecule has 1 saturated carbocycles. The number of nitrogens with one attached hydrogen (secondary N) is 1. The fourth-order valence-corrected chi connectivity index (χ4v) is 2.31. The number of rotatable bonds is 8. The molecule has 0 aromatic heterocycles. The highest BCUT2D eigenvalue weighted by molar-refractivity contribution is 6.32. The molecule has 0 heterocycles. The summed E-state index contributed by atoms with van der Waals surface area (Å²) < 4.78 is 5.90. The maximum absolute atomic E-state index is 6.25. The van der Waals surface area contributed by atoms with Crippen LogP contribution in [0, 0.1) is 5.92 Å². The largest absolute Gasteiger partial charge is 0.492 e. The lowest BCUT2D eigenvalue weighted by Gasteiger charge is -2.14. The van der Waals surface area contributed by atoms with Gasteiger partial charge in [-0.3, -0.25) is 0 Å². The zero-order valence-corrected chi connectivity index (χ0v) is 12.7. The van der Waals surface area contributed by atoms with Crippen LogP contribution in [0.2, 0.25) is 5.02 Å². The summed E-state index contributed by atoms with van der Waals surface area (Å²) in [5.41, 5.74) is 1.17. The maximum atomic E-state index is 6.25. The summed E-state index contributed by atoms with van der Waals surface area (Å²) in [5, 5.41) is 4.23. The van der Waals surface area contributed by atoms with E-state index in [2.05, 4.69) is 25.2 Å². The second kappa shape index (κ2) is 7.16. The van der Waals surface area contributed by atoms with E-state index in [0.717, 1.165) is 36.3 Å². The van der Waals surface area contributed by atoms with Crippen LogP contribution in [-0.4, -0.2) is 12.6 Å². The van der Waals surface area contributed by atoms with Gasteiger partial charge in [0.1, 0.15) is 5.75 Å². The zero-order chi connectivity index (χ0) is 13.7. The Morgan fingerprint density at radius 1 is 1.37 bits per heavy atom. The van der Waals surface area contributed by atoms with Crippen LogP contribution in [0.3, 0.4) is 0 Å². The maximum Gasteiger partial charge on any atom is 0.142 e. The van der Waals surface area contributed by atoms with Gasteiger partial charge in [-0.1, -0.05) is 37.6 Å². The van der Waals surface area contributed by atoms with Crippen molar-refractivity contribution in [3.8, 4) is 5.75 Å². The van der Waals surface area contributed by atoms with Crippen LogP contribution < -0.4 is 10.1 Å². The molecule has 0 bridgehead atoms. The number of hydrogen-bond donors (Lipinski definition) is 1. The summed E-state index contributed by atoms with van der Waals surface area (Å²) in [4.78, 5) is 0. The zero-order valence-electron chi connectivity index (χ0n) is 11.9. The third kappa shape index (κ3) is 5.04. The van der Waals surface area contributed by atoms with Crippen molar-refractivity contribution in [3.63, 3.8) is 0 Å². The molecule has 0 unspecified atom stereocenters. The van der Waals surface area contributed by atoms with Crippen LogP contribution >= 0.6 is 11.6 Å². The van der Waals surface area contributed by atoms with Crippen molar-refractivity contribution in [1.29, 1.82) is 0 Å². The minimum absolute atomic E-state index is 0.702. The number of para-hydroxylation sites is 1. The van der Waals surface area contributed by atoms with Gasteiger partial charge < -0.3 is 10.1 Å². The third-order valence-electron chi connectivity index (χ3n) is 3.38. The van der Waals surface area contributed by atoms with E-state index >= 15 is 0 Å². The lowest BCUT2D eigenvalue weighted by molar-refractivity contribution is 0.294. The fourth-order valence-electron chi connectivity index (χ4n) is 2.06. The van der Waals surface area contributed by atoms with Gasteiger partial charge in [0.25, 0.3) is 0 Å². The van der Waals surface area contributed by atoms with Gasteiger partial charge in [0.05, 0.1) is 11.6 Å². The van der Waals surface area contributed by atoms with Gasteiger partial charge in [-0.05, 0) is 37.7 Å². The topological polar surface area (TPSA) is 21.3 Å². The highest BCUT2D eigenvalue weighted by Gasteiger charge is 2.21. The van der Waals surface area contributed by atoms with E-state index in [1.807, 2.05) is 12.1 Å². The Morgan fingerprint density at radius 2 is 2.16 bits per heavy atom. The molecule has 1 aliphatic rings. The molecular weight excluding hydrogens is 258 g/mol. The summed E-state index contributed by atoms with van der Waals surface area (Å²) in [7, 11) is 0. The molecule has 0 aliphatic heterocycles. The van der Waals surface area contributed by atoms with E-state index in [9.17, 15) is 0 Å². The third-order valence-corrected chi connectivity index (χ3v) is 3.68. The van der Waals surface area contributed by atoms with Crippen molar-refractivity contribution in [2.24, 2.45) is 5.92 Å². The Bertz CT molecular complexity index is 402. The molecule has 1 aromatic rings. The first-order chi connectivity index (χ1) is 9.16. The molecule has 0 atom stereocenters. The molecule has 106 valence electrons. The quantitative estimate of drug-likeness (QED) is 0.713. The number of benzene rings is 1. The van der Waals surface area contributed by atoms with Crippen molar-refractivity contribution >= 4 is 11.6 Å². The molecule has 0 amide bonds. The second-order valence-corrected chi connectivity index (χ2v) is 6.17. The lowest BCUT2D eigenvalue weighted by atomic mass is 10.1. The van der Waals surface area contributed by atoms with Gasteiger partial charge in [0.2, 0.25) is 0 Å². The Balaban J connectivity index is 1.88. The minimum Gasteiger partial charge on any atom is -0.492 e. The van der Waals surface area contributed by atoms with Crippen LogP contribution in [0.5, 0.6) is 5.75 Å². The van der Waals surface area contributed by atoms with E-state index < -0.39 is 0 Å². The van der Waals surface area contributed by atoms with Crippen molar-refractivity contribution in [2.75, 3.05) is 6.61 Å². The monoisotopic (exact) mass is 281 g/mol. The molecule has 0 spiro atoms. The number of halogens is 1. The van der Waals surface area contributed by atoms with E-state index in [1.165, 1.54) is 24.8 Å². The predicted octanol–water partition coefficient (Wildman–Crippen LogP) is 4.41. The standard InChI is InChI=1S/C16H24ClNO/c1-12(2)5-4-10-19-16-13(6-3-7-15(16)17)11-18-14-8-9-14/h3,6-7,12,14,18H,4-5,8-11H2,1-2H3. The van der Waals surface area contributed by atoms with Crippen molar-refractivity contribution < 1.29 is 4.74 Å². The van der Waals surface area contributed by atoms with E-state index in [0.29, 0.717) is 6.04 Å². The highest BCUT2D eigenvalue weighted by atomic mass is 35.5. The Labute approximate surface area is 121 Å². The Morgan fingerprint density at radius 3 is 2.84 bits per heavy atom. The molecule has 1 N–H and O–H groups in total. The van der Waals surface area contributed by atoms with Crippen LogP contribution in [0.15, 0.2) is 18.2 Å². The molecule has 1 aliphatic carbocycles. The van der Waals surface area contributed by atoms with Gasteiger partial charge in [-0.15, -0.1) is 0 Å². The van der Waals surface area contributed by atoms with Gasteiger partial charge in [-0.25, -0.2) is 0 Å². The summed E-state index contributed by atoms with van der Waals surface area (Å²) in [6.07, 6.45) is 4.87. The van der Waals surface area contributed by atoms with Gasteiger partial charge >= 0.3 is 0 Å². The Hall–Kier alpha value is -0.730. The first kappa shape index (κ1) is 14.7. The van der Waals surface area contributed by atoms with Crippen molar-refractivity contribution in [1.82, 2.24) is 5.32 Å². The molecule has 2 nitrogen and oxygen atoms in total. The van der Waals surface area contributed by atoms with Gasteiger partial charge in [0.15, 0.2) is 0 Å².